The van der Waals surface area contributed by atoms with E-state index in [2.05, 4.69) is 0 Å². The summed E-state index contributed by atoms with van der Waals surface area (Å²) >= 11 is 0. The molecule has 0 aromatic carbocycles. The van der Waals surface area contributed by atoms with Crippen molar-refractivity contribution < 1.29 is 4.79 Å². The first-order chi connectivity index (χ1) is 3.18. The first kappa shape index (κ1) is 6.41. The molecule has 7 heavy (non-hydrogen) atoms. The monoisotopic (exact) mass is 98.1 g/mol. The van der Waals surface area contributed by atoms with Crippen molar-refractivity contribution in [3.05, 3.63) is 11.6 Å². The van der Waals surface area contributed by atoms with Crippen molar-refractivity contribution in [3.8, 4) is 0 Å². The van der Waals surface area contributed by atoms with Gasteiger partial charge in [0.1, 0.15) is 0 Å². The summed E-state index contributed by atoms with van der Waals surface area (Å²) in [5.74, 6) is 0.155. The van der Waals surface area contributed by atoms with E-state index in [4.69, 9.17) is 0 Å². The Hall–Kier alpha value is -0.590. The van der Waals surface area contributed by atoms with Gasteiger partial charge < -0.3 is 0 Å². The van der Waals surface area contributed by atoms with Crippen LogP contribution in [0, 0.1) is 0 Å². The van der Waals surface area contributed by atoms with Crippen molar-refractivity contribution in [2.24, 2.45) is 0 Å². The van der Waals surface area contributed by atoms with Gasteiger partial charge >= 0.3 is 0 Å². The van der Waals surface area contributed by atoms with E-state index in [1.165, 1.54) is 0 Å². The molecule has 0 aliphatic carbocycles. The molecule has 1 heteroatoms. The van der Waals surface area contributed by atoms with Gasteiger partial charge in [0.05, 0.1) is 0 Å². The van der Waals surface area contributed by atoms with Crippen molar-refractivity contribution in [1.29, 1.82) is 0 Å². The van der Waals surface area contributed by atoms with Gasteiger partial charge in [0, 0.05) is 0 Å². The largest absolute Gasteiger partial charge is 0.295 e. The highest BCUT2D eigenvalue weighted by atomic mass is 16.1. The van der Waals surface area contributed by atoms with Gasteiger partial charge in [-0.05, 0) is 26.3 Å². The molecule has 0 heterocycles. The standard InChI is InChI=1S/C6H10O/c1-4-5(2)6(3)7/h4H,1-3H3. The van der Waals surface area contributed by atoms with Gasteiger partial charge in [-0.3, -0.25) is 4.79 Å². The molecule has 0 rings (SSSR count). The molecular weight excluding hydrogens is 88.1 g/mol. The van der Waals surface area contributed by atoms with Crippen LogP contribution in [0.1, 0.15) is 20.8 Å². The number of carbonyl (C=O) groups excluding carboxylic acids is 1. The Balaban J connectivity index is 3.82. The van der Waals surface area contributed by atoms with E-state index in [9.17, 15) is 4.79 Å². The third-order valence-electron chi connectivity index (χ3n) is 0.988. The number of hydrogen-bond acceptors (Lipinski definition) is 1. The minimum Gasteiger partial charge on any atom is -0.295 e. The fraction of sp³-hybridized carbons (Fsp3) is 0.500. The summed E-state index contributed by atoms with van der Waals surface area (Å²) in [6.07, 6.45) is 1.81. The van der Waals surface area contributed by atoms with E-state index in [0.717, 1.165) is 5.57 Å². The number of Topliss-reactive ketones (excluding diaryl/α,β-unsaturated/α-hetero) is 1. The molecule has 0 amide bonds. The second-order valence-corrected chi connectivity index (χ2v) is 1.53. The van der Waals surface area contributed by atoms with Crippen LogP contribution in [0.25, 0.3) is 0 Å². The first-order valence-corrected chi connectivity index (χ1v) is 2.32. The van der Waals surface area contributed by atoms with Crippen LogP contribution in [0.3, 0.4) is 0 Å². The molecule has 40 valence electrons. The first-order valence-electron chi connectivity index (χ1n) is 2.32. The second kappa shape index (κ2) is 2.56. The van der Waals surface area contributed by atoms with E-state index >= 15 is 0 Å². The van der Waals surface area contributed by atoms with Crippen LogP contribution in [-0.4, -0.2) is 5.78 Å². The van der Waals surface area contributed by atoms with E-state index in [-0.39, 0.29) is 5.78 Å². The third kappa shape index (κ3) is 2.15. The molecule has 0 saturated carbocycles. The highest BCUT2D eigenvalue weighted by molar-refractivity contribution is 5.92. The molecule has 0 bridgehead atoms. The molecule has 0 N–H and O–H groups in total. The van der Waals surface area contributed by atoms with Crippen LogP contribution in [0.15, 0.2) is 11.6 Å². The van der Waals surface area contributed by atoms with Crippen molar-refractivity contribution in [1.82, 2.24) is 0 Å². The normalized spacial score (nSPS) is 11.6. The van der Waals surface area contributed by atoms with Crippen molar-refractivity contribution in [2.45, 2.75) is 20.8 Å². The highest BCUT2D eigenvalue weighted by Crippen LogP contribution is 1.90. The number of rotatable bonds is 1. The summed E-state index contributed by atoms with van der Waals surface area (Å²) in [5, 5.41) is 0. The molecule has 0 saturated heterocycles. The van der Waals surface area contributed by atoms with Gasteiger partial charge in [0.2, 0.25) is 0 Å². The van der Waals surface area contributed by atoms with Crippen LogP contribution in [0.2, 0.25) is 0 Å². The minimum atomic E-state index is 0.155. The molecule has 0 atom stereocenters. The Bertz CT molecular complexity index is 101. The lowest BCUT2D eigenvalue weighted by molar-refractivity contribution is -0.113. The van der Waals surface area contributed by atoms with Crippen LogP contribution in [0.4, 0.5) is 0 Å². The summed E-state index contributed by atoms with van der Waals surface area (Å²) < 4.78 is 0. The predicted octanol–water partition coefficient (Wildman–Crippen LogP) is 1.54. The average Bonchev–Trinajstić information content (AvgIpc) is 1.65. The second-order valence-electron chi connectivity index (χ2n) is 1.53. The summed E-state index contributed by atoms with van der Waals surface area (Å²) in [5.41, 5.74) is 0.833. The molecule has 0 aromatic rings. The third-order valence-corrected chi connectivity index (χ3v) is 0.988. The fourth-order valence-electron chi connectivity index (χ4n) is 0.203. The molecule has 0 fully saturated rings. The van der Waals surface area contributed by atoms with Crippen LogP contribution >= 0.6 is 0 Å². The molecule has 0 aliphatic heterocycles. The Morgan fingerprint density at radius 1 is 1.43 bits per heavy atom. The van der Waals surface area contributed by atoms with E-state index in [1.54, 1.807) is 6.92 Å². The van der Waals surface area contributed by atoms with Crippen molar-refractivity contribution in [2.75, 3.05) is 0 Å². The van der Waals surface area contributed by atoms with Gasteiger partial charge in [0.25, 0.3) is 0 Å². The molecule has 0 unspecified atom stereocenters. The van der Waals surface area contributed by atoms with Gasteiger partial charge in [-0.15, -0.1) is 0 Å². The molecule has 0 aliphatic rings. The fourth-order valence-corrected chi connectivity index (χ4v) is 0.203. The molecule has 0 spiro atoms. The maximum atomic E-state index is 10.3. The zero-order valence-corrected chi connectivity index (χ0v) is 4.99. The van der Waals surface area contributed by atoms with Crippen molar-refractivity contribution >= 4 is 5.78 Å². The van der Waals surface area contributed by atoms with Crippen LogP contribution < -0.4 is 0 Å². The van der Waals surface area contributed by atoms with E-state index in [0.29, 0.717) is 0 Å². The Labute approximate surface area is 44.0 Å². The molecule has 1 nitrogen and oxygen atoms in total. The highest BCUT2D eigenvalue weighted by Gasteiger charge is 1.89. The SMILES string of the molecule is CC=C(C)C(C)=O. The Kier molecular flexibility index (Phi) is 2.34. The minimum absolute atomic E-state index is 0.155. The zero-order valence-electron chi connectivity index (χ0n) is 4.99. The number of allylic oxidation sites excluding steroid dienone is 2. The zero-order chi connectivity index (χ0) is 5.86. The lowest BCUT2D eigenvalue weighted by Crippen LogP contribution is -1.88. The molecular formula is C6H10O. The lowest BCUT2D eigenvalue weighted by Gasteiger charge is -1.85. The number of hydrogen-bond donors (Lipinski definition) is 0. The van der Waals surface area contributed by atoms with Crippen molar-refractivity contribution in [3.63, 3.8) is 0 Å². The quantitative estimate of drug-likeness (QED) is 0.455. The Morgan fingerprint density at radius 2 is 1.86 bits per heavy atom. The van der Waals surface area contributed by atoms with Gasteiger partial charge in [-0.25, -0.2) is 0 Å². The summed E-state index contributed by atoms with van der Waals surface area (Å²) in [4.78, 5) is 10.3. The maximum Gasteiger partial charge on any atom is 0.155 e. The van der Waals surface area contributed by atoms with E-state index in [1.807, 2.05) is 19.9 Å². The average molecular weight is 98.1 g/mol. The van der Waals surface area contributed by atoms with Gasteiger partial charge in [-0.1, -0.05) is 6.08 Å². The molecule has 0 aromatic heterocycles. The van der Waals surface area contributed by atoms with Gasteiger partial charge in [-0.2, -0.15) is 0 Å². The lowest BCUT2D eigenvalue weighted by atomic mass is 10.2. The van der Waals surface area contributed by atoms with E-state index < -0.39 is 0 Å². The number of carbonyl (C=O) groups is 1. The molecule has 0 radical (unpaired) electrons. The maximum absolute atomic E-state index is 10.3. The van der Waals surface area contributed by atoms with Crippen LogP contribution in [0.5, 0.6) is 0 Å². The number of ketones is 1. The van der Waals surface area contributed by atoms with Crippen LogP contribution in [-0.2, 0) is 4.79 Å². The Morgan fingerprint density at radius 3 is 1.86 bits per heavy atom. The smallest absolute Gasteiger partial charge is 0.155 e. The predicted molar refractivity (Wildman–Crippen MR) is 30.1 cm³/mol. The summed E-state index contributed by atoms with van der Waals surface area (Å²) in [6.45, 7) is 5.23. The topological polar surface area (TPSA) is 17.1 Å². The summed E-state index contributed by atoms with van der Waals surface area (Å²) in [7, 11) is 0. The van der Waals surface area contributed by atoms with Gasteiger partial charge in [0.15, 0.2) is 5.78 Å². The summed E-state index contributed by atoms with van der Waals surface area (Å²) in [6, 6.07) is 0.